The largest absolute Gasteiger partial charge is 0.487 e. The van der Waals surface area contributed by atoms with E-state index in [1.54, 1.807) is 25.3 Å². The zero-order valence-corrected chi connectivity index (χ0v) is 13.8. The molecule has 0 radical (unpaired) electrons. The Morgan fingerprint density at radius 3 is 3.00 bits per heavy atom. The third-order valence-corrected chi connectivity index (χ3v) is 3.28. The zero-order chi connectivity index (χ0) is 15.1. The van der Waals surface area contributed by atoms with Crippen molar-refractivity contribution in [1.29, 1.82) is 0 Å². The highest BCUT2D eigenvalue weighted by molar-refractivity contribution is 6.32. The Bertz CT molecular complexity index is 482. The first-order valence-corrected chi connectivity index (χ1v) is 7.13. The number of hydrogen-bond donors (Lipinski definition) is 2. The van der Waals surface area contributed by atoms with Gasteiger partial charge in [0.05, 0.1) is 23.9 Å². The van der Waals surface area contributed by atoms with Gasteiger partial charge in [-0.2, -0.15) is 0 Å². The summed E-state index contributed by atoms with van der Waals surface area (Å²) in [6, 6.07) is 5.20. The third kappa shape index (κ3) is 5.30. The quantitative estimate of drug-likeness (QED) is 0.764. The Balaban J connectivity index is 0.00000242. The highest BCUT2D eigenvalue weighted by Gasteiger charge is 2.23. The molecule has 1 amide bonds. The van der Waals surface area contributed by atoms with Crippen LogP contribution >= 0.6 is 24.0 Å². The second-order valence-corrected chi connectivity index (χ2v) is 4.92. The van der Waals surface area contributed by atoms with Gasteiger partial charge in [0.2, 0.25) is 0 Å². The number of amides is 1. The van der Waals surface area contributed by atoms with Crippen molar-refractivity contribution < 1.29 is 19.0 Å². The number of hydrogen-bond acceptors (Lipinski definition) is 5. The van der Waals surface area contributed by atoms with Gasteiger partial charge in [-0.3, -0.25) is 4.79 Å². The summed E-state index contributed by atoms with van der Waals surface area (Å²) in [6.07, 6.45) is -0.510. The molecule has 1 atom stereocenters. The second kappa shape index (κ2) is 9.86. The molecule has 1 fully saturated rings. The number of nitrogens with one attached hydrogen (secondary N) is 2. The maximum Gasteiger partial charge on any atom is 0.254 e. The average molecular weight is 351 g/mol. The summed E-state index contributed by atoms with van der Waals surface area (Å²) in [5, 5.41) is 6.34. The summed E-state index contributed by atoms with van der Waals surface area (Å²) >= 11 is 6.12. The van der Waals surface area contributed by atoms with Crippen LogP contribution in [0.4, 0.5) is 5.69 Å². The van der Waals surface area contributed by atoms with E-state index in [1.165, 1.54) is 0 Å². The first kappa shape index (κ1) is 19.0. The number of morpholine rings is 1. The molecule has 1 heterocycles. The van der Waals surface area contributed by atoms with Gasteiger partial charge in [0.15, 0.2) is 5.75 Å². The number of benzene rings is 1. The minimum Gasteiger partial charge on any atom is -0.487 e. The molecule has 6 nitrogen and oxygen atoms in total. The molecule has 124 valence electrons. The maximum absolute atomic E-state index is 12.2. The summed E-state index contributed by atoms with van der Waals surface area (Å²) in [5.74, 6) is 0.217. The molecular formula is C14H20Cl2N2O4. The molecule has 1 aromatic rings. The van der Waals surface area contributed by atoms with Gasteiger partial charge in [-0.1, -0.05) is 17.7 Å². The molecule has 0 bridgehead atoms. The van der Waals surface area contributed by atoms with Crippen LogP contribution in [-0.4, -0.2) is 52.0 Å². The highest BCUT2D eigenvalue weighted by Crippen LogP contribution is 2.33. The van der Waals surface area contributed by atoms with Crippen molar-refractivity contribution in [3.8, 4) is 5.75 Å². The summed E-state index contributed by atoms with van der Waals surface area (Å²) in [4.78, 5) is 12.2. The van der Waals surface area contributed by atoms with Gasteiger partial charge in [0.25, 0.3) is 5.91 Å². The third-order valence-electron chi connectivity index (χ3n) is 2.98. The van der Waals surface area contributed by atoms with E-state index < -0.39 is 6.10 Å². The van der Waals surface area contributed by atoms with Crippen molar-refractivity contribution in [2.45, 2.75) is 6.10 Å². The fourth-order valence-electron chi connectivity index (χ4n) is 1.93. The molecule has 2 rings (SSSR count). The molecule has 1 aliphatic heterocycles. The van der Waals surface area contributed by atoms with E-state index in [0.29, 0.717) is 42.8 Å². The molecular weight excluding hydrogens is 331 g/mol. The van der Waals surface area contributed by atoms with Crippen molar-refractivity contribution in [2.75, 3.05) is 45.3 Å². The number of methoxy groups -OCH3 is 1. The molecule has 0 aliphatic carbocycles. The monoisotopic (exact) mass is 350 g/mol. The predicted molar refractivity (Wildman–Crippen MR) is 87.3 cm³/mol. The van der Waals surface area contributed by atoms with Crippen LogP contribution in [-0.2, 0) is 14.3 Å². The molecule has 1 aromatic carbocycles. The molecule has 1 aliphatic rings. The van der Waals surface area contributed by atoms with E-state index >= 15 is 0 Å². The van der Waals surface area contributed by atoms with Gasteiger partial charge in [-0.25, -0.2) is 0 Å². The normalized spacial score (nSPS) is 17.5. The molecule has 8 heteroatoms. The minimum absolute atomic E-state index is 0. The van der Waals surface area contributed by atoms with E-state index in [1.807, 2.05) is 0 Å². The summed E-state index contributed by atoms with van der Waals surface area (Å²) < 4.78 is 15.9. The topological polar surface area (TPSA) is 68.8 Å². The van der Waals surface area contributed by atoms with Crippen molar-refractivity contribution in [2.24, 2.45) is 0 Å². The van der Waals surface area contributed by atoms with Crippen LogP contribution < -0.4 is 15.4 Å². The minimum atomic E-state index is -0.510. The van der Waals surface area contributed by atoms with Crippen molar-refractivity contribution >= 4 is 35.6 Å². The van der Waals surface area contributed by atoms with Crippen molar-refractivity contribution in [1.82, 2.24) is 5.32 Å². The Kier molecular flexibility index (Phi) is 8.52. The SMILES string of the molecule is COCCOc1c(Cl)cccc1NC(=O)C1CNCCO1.Cl. The van der Waals surface area contributed by atoms with E-state index in [0.717, 1.165) is 6.54 Å². The first-order valence-electron chi connectivity index (χ1n) is 6.76. The van der Waals surface area contributed by atoms with E-state index in [-0.39, 0.29) is 18.3 Å². The van der Waals surface area contributed by atoms with E-state index in [2.05, 4.69) is 10.6 Å². The van der Waals surface area contributed by atoms with Gasteiger partial charge in [-0.15, -0.1) is 12.4 Å². The molecule has 0 aromatic heterocycles. The van der Waals surface area contributed by atoms with Crippen molar-refractivity contribution in [3.63, 3.8) is 0 Å². The van der Waals surface area contributed by atoms with Crippen LogP contribution in [0.25, 0.3) is 0 Å². The molecule has 22 heavy (non-hydrogen) atoms. The number of rotatable bonds is 6. The lowest BCUT2D eigenvalue weighted by atomic mass is 10.2. The Morgan fingerprint density at radius 1 is 1.50 bits per heavy atom. The summed E-state index contributed by atoms with van der Waals surface area (Å²) in [7, 11) is 1.59. The van der Waals surface area contributed by atoms with Gasteiger partial charge in [0, 0.05) is 20.2 Å². The number of halogens is 2. The Labute approximate surface area is 140 Å². The lowest BCUT2D eigenvalue weighted by Crippen LogP contribution is -2.45. The van der Waals surface area contributed by atoms with Crippen LogP contribution in [0.3, 0.4) is 0 Å². The fourth-order valence-corrected chi connectivity index (χ4v) is 2.16. The van der Waals surface area contributed by atoms with Crippen molar-refractivity contribution in [3.05, 3.63) is 23.2 Å². The highest BCUT2D eigenvalue weighted by atomic mass is 35.5. The van der Waals surface area contributed by atoms with Crippen LogP contribution in [0.5, 0.6) is 5.75 Å². The lowest BCUT2D eigenvalue weighted by molar-refractivity contribution is -0.128. The lowest BCUT2D eigenvalue weighted by Gasteiger charge is -2.23. The molecule has 2 N–H and O–H groups in total. The molecule has 0 saturated carbocycles. The van der Waals surface area contributed by atoms with Crippen LogP contribution in [0.2, 0.25) is 5.02 Å². The van der Waals surface area contributed by atoms with Crippen LogP contribution in [0.15, 0.2) is 18.2 Å². The van der Waals surface area contributed by atoms with E-state index in [9.17, 15) is 4.79 Å². The van der Waals surface area contributed by atoms with E-state index in [4.69, 9.17) is 25.8 Å². The van der Waals surface area contributed by atoms with Crippen LogP contribution in [0, 0.1) is 0 Å². The fraction of sp³-hybridized carbons (Fsp3) is 0.500. The number of carbonyl (C=O) groups excluding carboxylic acids is 1. The molecule has 0 spiro atoms. The Hall–Kier alpha value is -1.05. The van der Waals surface area contributed by atoms with Crippen LogP contribution in [0.1, 0.15) is 0 Å². The van der Waals surface area contributed by atoms with Gasteiger partial charge in [-0.05, 0) is 12.1 Å². The number of para-hydroxylation sites is 1. The van der Waals surface area contributed by atoms with Gasteiger partial charge >= 0.3 is 0 Å². The number of anilines is 1. The molecule has 1 unspecified atom stereocenters. The average Bonchev–Trinajstić information content (AvgIpc) is 2.51. The zero-order valence-electron chi connectivity index (χ0n) is 12.3. The number of ether oxygens (including phenoxy) is 3. The van der Waals surface area contributed by atoms with Gasteiger partial charge < -0.3 is 24.8 Å². The Morgan fingerprint density at radius 2 is 2.32 bits per heavy atom. The van der Waals surface area contributed by atoms with Gasteiger partial charge in [0.1, 0.15) is 12.7 Å². The second-order valence-electron chi connectivity index (χ2n) is 4.51. The standard InChI is InChI=1S/C14H19ClN2O4.ClH/c1-19-7-8-21-13-10(15)3-2-4-11(13)17-14(18)12-9-16-5-6-20-12;/h2-4,12,16H,5-9H2,1H3,(H,17,18);1H. The number of carbonyl (C=O) groups is 1. The molecule has 1 saturated heterocycles. The maximum atomic E-state index is 12.2. The predicted octanol–water partition coefficient (Wildman–Crippen LogP) is 1.71. The first-order chi connectivity index (χ1) is 10.2. The summed E-state index contributed by atoms with van der Waals surface area (Å²) in [6.45, 7) is 2.56. The smallest absolute Gasteiger partial charge is 0.254 e. The summed E-state index contributed by atoms with van der Waals surface area (Å²) in [5.41, 5.74) is 0.526.